The van der Waals surface area contributed by atoms with Gasteiger partial charge in [-0.1, -0.05) is 184 Å². The molecule has 0 saturated heterocycles. The second-order valence-electron chi connectivity index (χ2n) is 17.5. The first-order valence-electron chi connectivity index (χ1n) is 31.6. The summed E-state index contributed by atoms with van der Waals surface area (Å²) in [5, 5.41) is 1.96. The average molecular weight is 906 g/mol. The molecule has 3 heterocycles. The van der Waals surface area contributed by atoms with Crippen LogP contribution in [0.15, 0.2) is 224 Å². The minimum absolute atomic E-state index is 0.164. The maximum atomic E-state index is 10.1. The summed E-state index contributed by atoms with van der Waals surface area (Å²) in [4.78, 5) is 4.82. The topological polar surface area (TPSA) is 35.9 Å². The third-order valence-corrected chi connectivity index (χ3v) is 12.4. The van der Waals surface area contributed by atoms with Crippen molar-refractivity contribution < 1.29 is 35.3 Å². The van der Waals surface area contributed by atoms with Crippen LogP contribution in [0.1, 0.15) is 52.4 Å². The molecule has 0 aliphatic heterocycles. The molecule has 5 heteroatoms. The monoisotopic (exact) mass is 905 g/mol. The molecule has 0 atom stereocenters. The molecule has 0 spiro atoms. The predicted molar refractivity (Wildman–Crippen MR) is 282 cm³/mol. The second-order valence-corrected chi connectivity index (χ2v) is 17.5. The number of aromatic nitrogens is 4. The van der Waals surface area contributed by atoms with Crippen LogP contribution >= 0.6 is 0 Å². The molecule has 0 bridgehead atoms. The predicted octanol–water partition coefficient (Wildman–Crippen LogP) is 15.9. The van der Waals surface area contributed by atoms with E-state index in [1.54, 1.807) is 59.3 Å². The number of hydrogen-bond acceptors (Lipinski definition) is 2. The zero-order chi connectivity index (χ0) is 62.8. The Labute approximate surface area is 428 Å². The lowest BCUT2D eigenvalue weighted by Crippen LogP contribution is -2.32. The van der Waals surface area contributed by atoms with Gasteiger partial charge in [0.2, 0.25) is 0 Å². The van der Waals surface area contributed by atoms with Crippen LogP contribution in [0.2, 0.25) is 0 Å². The van der Waals surface area contributed by atoms with E-state index in [0.29, 0.717) is 28.5 Å². The highest BCUT2D eigenvalue weighted by Gasteiger charge is 2.28. The van der Waals surface area contributed by atoms with Crippen molar-refractivity contribution in [2.45, 2.75) is 26.2 Å². The summed E-state index contributed by atoms with van der Waals surface area (Å²) in [7, 11) is 0. The second kappa shape index (κ2) is 15.9. The van der Waals surface area contributed by atoms with E-state index in [4.69, 9.17) is 20.7 Å². The van der Waals surface area contributed by atoms with Gasteiger partial charge in [0.15, 0.2) is 0 Å². The van der Waals surface area contributed by atoms with Crippen molar-refractivity contribution in [1.29, 1.82) is 0 Å². The molecule has 13 rings (SSSR count). The van der Waals surface area contributed by atoms with Crippen LogP contribution in [0.5, 0.6) is 11.5 Å². The lowest BCUT2D eigenvalue weighted by molar-refractivity contribution is -0.571. The summed E-state index contributed by atoms with van der Waals surface area (Å²) in [6, 6.07) is 15.1. The van der Waals surface area contributed by atoms with Crippen LogP contribution in [0.4, 0.5) is 0 Å². The highest BCUT2D eigenvalue weighted by atomic mass is 16.5. The first-order valence-corrected chi connectivity index (χ1v) is 22.1. The minimum Gasteiger partial charge on any atom is -0.458 e. The Hall–Kier alpha value is -8.80. The Bertz CT molecular complexity index is 5080. The van der Waals surface area contributed by atoms with Crippen LogP contribution in [0, 0.1) is 6.33 Å². The van der Waals surface area contributed by atoms with Gasteiger partial charge in [-0.05, 0) is 110 Å². The average Bonchev–Trinajstić information content (AvgIpc) is 1.02. The molecule has 0 fully saturated rings. The van der Waals surface area contributed by atoms with Crippen molar-refractivity contribution in [3.63, 3.8) is 0 Å². The summed E-state index contributed by atoms with van der Waals surface area (Å²) >= 11 is 0. The molecular formula is C64H46N4O. The Balaban J connectivity index is 1.13. The van der Waals surface area contributed by atoms with Crippen molar-refractivity contribution in [3.8, 4) is 84.3 Å². The number of imidazole rings is 1. The van der Waals surface area contributed by atoms with Crippen molar-refractivity contribution in [2.24, 2.45) is 0 Å². The molecule has 12 aromatic rings. The van der Waals surface area contributed by atoms with Gasteiger partial charge >= 0.3 is 0 Å². The maximum Gasteiger partial charge on any atom is 0.269 e. The van der Waals surface area contributed by atoms with Crippen molar-refractivity contribution >= 4 is 32.8 Å². The van der Waals surface area contributed by atoms with E-state index in [1.807, 2.05) is 42.5 Å². The SMILES string of the molecule is [2H]c1c([2H])c([2H])c(-c2c([2H])c([2H])c3c(c2-[n+]2[c-]n(-c4cccc(Oc5ccc6c7ccccc7n(-c7cc(C(C)(C)C)ccn7)c6c5)c4)c4ccccc42)-c2c([2H])c([2H])c([2H])c([2H])c2-c2c([2H])c([2H])c([2H])c([2H])c2-c2c([2H])c([2H])c([2H])c([2H])c2-3)c([2H])c1[2H]. The lowest BCUT2D eigenvalue weighted by atomic mass is 9.79. The standard InChI is InChI=1S/C64H46N4O/c1-64(2,3)43-36-37-65-61(38-43)68-57-29-14-13-27-53(57)54-33-32-46(40-60(54)68)69-45-21-17-20-44(39-45)66-41-67(59-31-16-15-30-58(59)66)63-47(42-18-5-4-6-19-42)34-35-56-52-26-10-9-24-50(52)48-22-7-8-23-49(48)51-25-11-12-28-55(51)62(56)63/h4-40H,1-3H3/i4D,5D,6D,7D,8D,9D,10D,11D,12D,18D,19D,22D,23D,24D,25D,26D,28D,34D,35D. The zero-order valence-corrected chi connectivity index (χ0v) is 37.1. The summed E-state index contributed by atoms with van der Waals surface area (Å²) in [5.41, 5.74) is -2.60. The molecule has 3 aromatic heterocycles. The molecule has 0 unspecified atom stereocenters. The molecule has 328 valence electrons. The van der Waals surface area contributed by atoms with E-state index >= 15 is 0 Å². The summed E-state index contributed by atoms with van der Waals surface area (Å²) in [6.07, 6.45) is 5.14. The molecule has 1 aliphatic carbocycles. The van der Waals surface area contributed by atoms with Crippen molar-refractivity contribution in [1.82, 2.24) is 14.1 Å². The number of ether oxygens (including phenoxy) is 1. The smallest absolute Gasteiger partial charge is 0.269 e. The van der Waals surface area contributed by atoms with Gasteiger partial charge in [-0.2, -0.15) is 0 Å². The van der Waals surface area contributed by atoms with Gasteiger partial charge in [0.1, 0.15) is 17.3 Å². The number of hydrogen-bond donors (Lipinski definition) is 0. The highest BCUT2D eigenvalue weighted by molar-refractivity contribution is 6.10. The van der Waals surface area contributed by atoms with E-state index in [0.717, 1.165) is 27.4 Å². The Morgan fingerprint density at radius 3 is 1.87 bits per heavy atom. The van der Waals surface area contributed by atoms with E-state index in [9.17, 15) is 15.1 Å². The van der Waals surface area contributed by atoms with E-state index in [2.05, 4.69) is 43.8 Å². The van der Waals surface area contributed by atoms with Crippen LogP contribution in [-0.4, -0.2) is 14.1 Å². The number of fused-ring (bicyclic) bond motifs is 12. The van der Waals surface area contributed by atoms with Crippen LogP contribution in [0.25, 0.3) is 106 Å². The number of para-hydroxylation sites is 3. The van der Waals surface area contributed by atoms with E-state index in [1.165, 1.54) is 4.57 Å². The molecule has 69 heavy (non-hydrogen) atoms. The van der Waals surface area contributed by atoms with Crippen molar-refractivity contribution in [3.05, 3.63) is 236 Å². The number of nitrogens with zero attached hydrogens (tertiary/aromatic N) is 4. The van der Waals surface area contributed by atoms with Gasteiger partial charge in [-0.3, -0.25) is 13.7 Å². The first-order chi connectivity index (χ1) is 41.8. The van der Waals surface area contributed by atoms with E-state index < -0.39 is 176 Å². The Kier molecular flexibility index (Phi) is 5.86. The third kappa shape index (κ3) is 6.69. The minimum atomic E-state index is -0.906. The van der Waals surface area contributed by atoms with Crippen LogP contribution in [-0.2, 0) is 5.41 Å². The largest absolute Gasteiger partial charge is 0.458 e. The molecule has 5 nitrogen and oxygen atoms in total. The van der Waals surface area contributed by atoms with Gasteiger partial charge in [-0.15, -0.1) is 0 Å². The van der Waals surface area contributed by atoms with Gasteiger partial charge in [-0.25, -0.2) is 4.98 Å². The Morgan fingerprint density at radius 1 is 0.522 bits per heavy atom. The Morgan fingerprint density at radius 2 is 1.13 bits per heavy atom. The molecule has 0 radical (unpaired) electrons. The fourth-order valence-electron chi connectivity index (χ4n) is 9.27. The molecule has 0 amide bonds. The highest BCUT2D eigenvalue weighted by Crippen LogP contribution is 2.50. The fraction of sp³-hybridized carbons (Fsp3) is 0.0625. The van der Waals surface area contributed by atoms with E-state index in [-0.39, 0.29) is 10.9 Å². The normalized spacial score (nSPS) is 15.8. The molecule has 0 saturated carbocycles. The number of rotatable bonds is 6. The summed E-state index contributed by atoms with van der Waals surface area (Å²) in [6.45, 7) is 6.41. The summed E-state index contributed by atoms with van der Waals surface area (Å²) < 4.78 is 189. The molecule has 0 N–H and O–H groups in total. The van der Waals surface area contributed by atoms with Crippen molar-refractivity contribution in [2.75, 3.05) is 0 Å². The molecule has 9 aromatic carbocycles. The molecule has 1 aliphatic rings. The maximum absolute atomic E-state index is 10.1. The van der Waals surface area contributed by atoms with Crippen LogP contribution in [0.3, 0.4) is 0 Å². The zero-order valence-electron chi connectivity index (χ0n) is 56.1. The van der Waals surface area contributed by atoms with Crippen LogP contribution < -0.4 is 9.30 Å². The first kappa shape index (κ1) is 25.4. The quantitative estimate of drug-likeness (QED) is 0.123. The number of pyridine rings is 1. The lowest BCUT2D eigenvalue weighted by Gasteiger charge is -2.27. The third-order valence-electron chi connectivity index (χ3n) is 12.4. The fourth-order valence-corrected chi connectivity index (χ4v) is 9.27. The number of benzene rings is 9. The summed E-state index contributed by atoms with van der Waals surface area (Å²) in [5.74, 6) is 1.53. The molecular weight excluding hydrogens is 841 g/mol. The van der Waals surface area contributed by atoms with Gasteiger partial charge < -0.3 is 4.74 Å². The van der Waals surface area contributed by atoms with Gasteiger partial charge in [0.25, 0.3) is 6.33 Å². The van der Waals surface area contributed by atoms with Gasteiger partial charge in [0, 0.05) is 28.6 Å². The van der Waals surface area contributed by atoms with Gasteiger partial charge in [0.05, 0.1) is 59.5 Å².